The number of hydrogen-bond donors (Lipinski definition) is 3. The molecule has 2 fully saturated rings. The number of piperidine rings is 1. The summed E-state index contributed by atoms with van der Waals surface area (Å²) in [4.78, 5) is 36.3. The van der Waals surface area contributed by atoms with E-state index in [0.717, 1.165) is 19.3 Å². The van der Waals surface area contributed by atoms with Crippen LogP contribution in [0.1, 0.15) is 49.9 Å². The minimum atomic E-state index is -0.256. The summed E-state index contributed by atoms with van der Waals surface area (Å²) >= 11 is 0. The van der Waals surface area contributed by atoms with Gasteiger partial charge in [0.1, 0.15) is 0 Å². The molecule has 4 atom stereocenters. The van der Waals surface area contributed by atoms with Crippen LogP contribution in [-0.4, -0.2) is 36.3 Å². The van der Waals surface area contributed by atoms with E-state index in [9.17, 15) is 14.4 Å². The smallest absolute Gasteiger partial charge is 0.251 e. The second kappa shape index (κ2) is 8.55. The van der Waals surface area contributed by atoms with Crippen molar-refractivity contribution in [1.29, 1.82) is 0 Å². The number of hydrogen-bond acceptors (Lipinski definition) is 3. The van der Waals surface area contributed by atoms with Crippen molar-refractivity contribution in [3.8, 4) is 0 Å². The van der Waals surface area contributed by atoms with Crippen molar-refractivity contribution >= 4 is 17.7 Å². The number of amides is 3. The van der Waals surface area contributed by atoms with Crippen molar-refractivity contribution in [1.82, 2.24) is 16.0 Å². The van der Waals surface area contributed by atoms with Gasteiger partial charge in [0.05, 0.1) is 6.54 Å². The highest BCUT2D eigenvalue weighted by atomic mass is 16.2. The molecule has 4 unspecified atom stereocenters. The predicted molar refractivity (Wildman–Crippen MR) is 103 cm³/mol. The molecule has 1 aliphatic heterocycles. The summed E-state index contributed by atoms with van der Waals surface area (Å²) in [5, 5.41) is 8.78. The number of carbonyl (C=O) groups excluding carboxylic acids is 3. The number of carbonyl (C=O) groups is 3. The maximum Gasteiger partial charge on any atom is 0.251 e. The summed E-state index contributed by atoms with van der Waals surface area (Å²) in [6, 6.07) is 9.02. The van der Waals surface area contributed by atoms with Gasteiger partial charge in [-0.2, -0.15) is 0 Å². The van der Waals surface area contributed by atoms with Crippen molar-refractivity contribution in [3.63, 3.8) is 0 Å². The van der Waals surface area contributed by atoms with Crippen LogP contribution in [0.2, 0.25) is 0 Å². The number of nitrogens with one attached hydrogen (secondary N) is 3. The molecule has 0 aromatic heterocycles. The number of benzene rings is 1. The first kappa shape index (κ1) is 19.4. The van der Waals surface area contributed by atoms with Crippen LogP contribution in [0.3, 0.4) is 0 Å². The summed E-state index contributed by atoms with van der Waals surface area (Å²) in [7, 11) is 0. The Kier molecular flexibility index (Phi) is 6.14. The van der Waals surface area contributed by atoms with Crippen LogP contribution in [0.15, 0.2) is 30.3 Å². The monoisotopic (exact) mass is 371 g/mol. The first-order chi connectivity index (χ1) is 12.9. The molecule has 146 valence electrons. The van der Waals surface area contributed by atoms with E-state index in [4.69, 9.17) is 0 Å². The van der Waals surface area contributed by atoms with Gasteiger partial charge in [-0.25, -0.2) is 0 Å². The highest BCUT2D eigenvalue weighted by Crippen LogP contribution is 2.38. The molecule has 1 aromatic carbocycles. The third-order valence-electron chi connectivity index (χ3n) is 5.89. The molecule has 0 spiro atoms. The third kappa shape index (κ3) is 4.87. The average Bonchev–Trinajstić information content (AvgIpc) is 2.65. The van der Waals surface area contributed by atoms with Gasteiger partial charge in [-0.3, -0.25) is 14.4 Å². The highest BCUT2D eigenvalue weighted by molar-refractivity contribution is 5.96. The minimum absolute atomic E-state index is 0.0404. The topological polar surface area (TPSA) is 87.3 Å². The van der Waals surface area contributed by atoms with Gasteiger partial charge in [-0.15, -0.1) is 0 Å². The van der Waals surface area contributed by atoms with Gasteiger partial charge in [0, 0.05) is 24.1 Å². The second-order valence-corrected chi connectivity index (χ2v) is 8.08. The minimum Gasteiger partial charge on any atom is -0.353 e. The molecule has 1 aromatic rings. The predicted octanol–water partition coefficient (Wildman–Crippen LogP) is 1.86. The van der Waals surface area contributed by atoms with Crippen LogP contribution in [-0.2, 0) is 9.59 Å². The summed E-state index contributed by atoms with van der Waals surface area (Å²) in [6.07, 6.45) is 3.30. The summed E-state index contributed by atoms with van der Waals surface area (Å²) < 4.78 is 0. The molecule has 1 saturated heterocycles. The first-order valence-corrected chi connectivity index (χ1v) is 9.86. The summed E-state index contributed by atoms with van der Waals surface area (Å²) in [5.74, 6) is 1.08. The summed E-state index contributed by atoms with van der Waals surface area (Å²) in [6.45, 7) is 4.33. The number of fused-ring (bicyclic) bond motifs is 1. The molecular weight excluding hydrogens is 342 g/mol. The maximum atomic E-state index is 12.2. The van der Waals surface area contributed by atoms with Gasteiger partial charge >= 0.3 is 0 Å². The quantitative estimate of drug-likeness (QED) is 0.738. The van der Waals surface area contributed by atoms with Crippen molar-refractivity contribution in [2.45, 2.75) is 51.6 Å². The fraction of sp³-hybridized carbons (Fsp3) is 0.571. The standard InChI is InChI=1S/C21H29N3O3/c1-13(2)17-11-19(25)24-18-10-15(8-9-16(17)18)23-20(26)12-22-21(27)14-6-4-3-5-7-14/h3-7,13,15-18H,8-12H2,1-2H3,(H,22,27)(H,23,26)(H,24,25). The molecule has 1 aliphatic carbocycles. The van der Waals surface area contributed by atoms with E-state index in [1.54, 1.807) is 24.3 Å². The van der Waals surface area contributed by atoms with Crippen molar-refractivity contribution < 1.29 is 14.4 Å². The molecule has 3 rings (SSSR count). The van der Waals surface area contributed by atoms with E-state index < -0.39 is 0 Å². The molecule has 0 bridgehead atoms. The lowest BCUT2D eigenvalue weighted by Crippen LogP contribution is -2.56. The Bertz CT molecular complexity index is 689. The van der Waals surface area contributed by atoms with E-state index >= 15 is 0 Å². The molecular formula is C21H29N3O3. The van der Waals surface area contributed by atoms with Crippen molar-refractivity contribution in [2.75, 3.05) is 6.54 Å². The zero-order chi connectivity index (χ0) is 19.4. The summed E-state index contributed by atoms with van der Waals surface area (Å²) in [5.41, 5.74) is 0.537. The van der Waals surface area contributed by atoms with Crippen LogP contribution in [0.5, 0.6) is 0 Å². The lowest BCUT2D eigenvalue weighted by molar-refractivity contribution is -0.128. The molecule has 1 heterocycles. The fourth-order valence-corrected chi connectivity index (χ4v) is 4.50. The Morgan fingerprint density at radius 2 is 1.93 bits per heavy atom. The fourth-order valence-electron chi connectivity index (χ4n) is 4.50. The SMILES string of the molecule is CC(C)C1CC(=O)NC2CC(NC(=O)CNC(=O)c3ccccc3)CCC21. The van der Waals surface area contributed by atoms with Crippen LogP contribution in [0.25, 0.3) is 0 Å². The molecule has 1 saturated carbocycles. The van der Waals surface area contributed by atoms with Gasteiger partial charge in [-0.05, 0) is 49.1 Å². The van der Waals surface area contributed by atoms with Gasteiger partial charge in [0.15, 0.2) is 0 Å². The van der Waals surface area contributed by atoms with Gasteiger partial charge < -0.3 is 16.0 Å². The first-order valence-electron chi connectivity index (χ1n) is 9.86. The second-order valence-electron chi connectivity index (χ2n) is 8.08. The van der Waals surface area contributed by atoms with Crippen molar-refractivity contribution in [2.24, 2.45) is 17.8 Å². The lowest BCUT2D eigenvalue weighted by Gasteiger charge is -2.45. The van der Waals surface area contributed by atoms with E-state index in [1.165, 1.54) is 0 Å². The zero-order valence-corrected chi connectivity index (χ0v) is 16.0. The molecule has 27 heavy (non-hydrogen) atoms. The Labute approximate surface area is 160 Å². The zero-order valence-electron chi connectivity index (χ0n) is 16.0. The van der Waals surface area contributed by atoms with E-state index in [-0.39, 0.29) is 36.3 Å². The third-order valence-corrected chi connectivity index (χ3v) is 5.89. The van der Waals surface area contributed by atoms with Crippen LogP contribution < -0.4 is 16.0 Å². The Morgan fingerprint density at radius 3 is 2.63 bits per heavy atom. The van der Waals surface area contributed by atoms with Gasteiger partial charge in [-0.1, -0.05) is 32.0 Å². The molecule has 6 heteroatoms. The average molecular weight is 371 g/mol. The van der Waals surface area contributed by atoms with Crippen LogP contribution in [0.4, 0.5) is 0 Å². The molecule has 0 radical (unpaired) electrons. The lowest BCUT2D eigenvalue weighted by atomic mass is 9.67. The number of rotatable bonds is 5. The van der Waals surface area contributed by atoms with E-state index in [1.807, 2.05) is 6.07 Å². The Balaban J connectivity index is 1.48. The molecule has 3 N–H and O–H groups in total. The molecule has 3 amide bonds. The van der Waals surface area contributed by atoms with Gasteiger partial charge in [0.25, 0.3) is 5.91 Å². The van der Waals surface area contributed by atoms with Crippen LogP contribution in [0, 0.1) is 17.8 Å². The maximum absolute atomic E-state index is 12.2. The van der Waals surface area contributed by atoms with Crippen molar-refractivity contribution in [3.05, 3.63) is 35.9 Å². The largest absolute Gasteiger partial charge is 0.353 e. The van der Waals surface area contributed by atoms with Gasteiger partial charge in [0.2, 0.25) is 11.8 Å². The Hall–Kier alpha value is -2.37. The molecule has 6 nitrogen and oxygen atoms in total. The van der Waals surface area contributed by atoms with Crippen LogP contribution >= 0.6 is 0 Å². The highest BCUT2D eigenvalue weighted by Gasteiger charge is 2.41. The Morgan fingerprint density at radius 1 is 1.19 bits per heavy atom. The van der Waals surface area contributed by atoms with E-state index in [0.29, 0.717) is 29.7 Å². The van der Waals surface area contributed by atoms with E-state index in [2.05, 4.69) is 29.8 Å². The molecule has 2 aliphatic rings. The normalized spacial score (nSPS) is 27.4.